The number of aliphatic imine (C=N–C) groups is 1. The minimum Gasteiger partial charge on any atom is -0.354 e. The molecule has 0 heterocycles. The molecule has 0 aliphatic heterocycles. The largest absolute Gasteiger partial charge is 0.354 e. The number of hydrogen-bond acceptors (Lipinski definition) is 2. The summed E-state index contributed by atoms with van der Waals surface area (Å²) in [5, 5.41) is 6.16. The van der Waals surface area contributed by atoms with Crippen molar-refractivity contribution >= 4 is 35.8 Å². The van der Waals surface area contributed by atoms with Crippen LogP contribution in [0.5, 0.6) is 0 Å². The Morgan fingerprint density at radius 2 is 2.04 bits per heavy atom. The maximum atomic E-state index is 12.0. The van der Waals surface area contributed by atoms with Gasteiger partial charge in [0.25, 0.3) is 5.91 Å². The van der Waals surface area contributed by atoms with E-state index in [-0.39, 0.29) is 29.9 Å². The SMILES string of the molecule is C=CCCCN(C)C(=NC)NCCNC(=O)c1cccc(C)c1.I. The smallest absolute Gasteiger partial charge is 0.251 e. The van der Waals surface area contributed by atoms with Crippen LogP contribution in [-0.4, -0.2) is 50.5 Å². The Morgan fingerprint density at radius 1 is 1.33 bits per heavy atom. The number of nitrogens with zero attached hydrogens (tertiary/aromatic N) is 2. The number of nitrogens with one attached hydrogen (secondary N) is 2. The van der Waals surface area contributed by atoms with E-state index in [4.69, 9.17) is 0 Å². The molecule has 134 valence electrons. The molecule has 0 aliphatic carbocycles. The van der Waals surface area contributed by atoms with E-state index in [2.05, 4.69) is 27.1 Å². The van der Waals surface area contributed by atoms with Crippen LogP contribution in [0.15, 0.2) is 41.9 Å². The number of allylic oxidation sites excluding steroid dienone is 1. The summed E-state index contributed by atoms with van der Waals surface area (Å²) in [6, 6.07) is 7.57. The highest BCUT2D eigenvalue weighted by Gasteiger charge is 2.06. The van der Waals surface area contributed by atoms with Crippen molar-refractivity contribution in [3.63, 3.8) is 0 Å². The first-order valence-corrected chi connectivity index (χ1v) is 7.96. The molecule has 0 spiro atoms. The van der Waals surface area contributed by atoms with Crippen molar-refractivity contribution in [3.05, 3.63) is 48.0 Å². The number of halogens is 1. The van der Waals surface area contributed by atoms with Gasteiger partial charge in [-0.2, -0.15) is 0 Å². The lowest BCUT2D eigenvalue weighted by Gasteiger charge is -2.21. The Hall–Kier alpha value is -1.57. The number of hydrogen-bond donors (Lipinski definition) is 2. The summed E-state index contributed by atoms with van der Waals surface area (Å²) >= 11 is 0. The molecule has 0 bridgehead atoms. The van der Waals surface area contributed by atoms with E-state index < -0.39 is 0 Å². The van der Waals surface area contributed by atoms with E-state index in [1.165, 1.54) is 0 Å². The molecule has 1 aromatic rings. The molecule has 24 heavy (non-hydrogen) atoms. The fourth-order valence-corrected chi connectivity index (χ4v) is 2.20. The Labute approximate surface area is 162 Å². The fourth-order valence-electron chi connectivity index (χ4n) is 2.20. The average molecular weight is 444 g/mol. The number of unbranched alkanes of at least 4 members (excludes halogenated alkanes) is 1. The number of aryl methyl sites for hydroxylation is 1. The summed E-state index contributed by atoms with van der Waals surface area (Å²) in [6.45, 7) is 7.80. The van der Waals surface area contributed by atoms with Crippen molar-refractivity contribution < 1.29 is 4.79 Å². The van der Waals surface area contributed by atoms with E-state index in [0.717, 1.165) is 30.9 Å². The summed E-state index contributed by atoms with van der Waals surface area (Å²) in [5.41, 5.74) is 1.77. The molecule has 5 nitrogen and oxygen atoms in total. The van der Waals surface area contributed by atoms with Gasteiger partial charge >= 0.3 is 0 Å². The first-order chi connectivity index (χ1) is 11.1. The molecule has 0 fully saturated rings. The van der Waals surface area contributed by atoms with Crippen molar-refractivity contribution in [2.75, 3.05) is 33.7 Å². The van der Waals surface area contributed by atoms with Gasteiger partial charge in [0, 0.05) is 39.3 Å². The maximum absolute atomic E-state index is 12.0. The molecular formula is C18H29IN4O. The molecule has 0 atom stereocenters. The number of guanidine groups is 1. The van der Waals surface area contributed by atoms with Crippen LogP contribution in [0.2, 0.25) is 0 Å². The third-order valence-electron chi connectivity index (χ3n) is 3.45. The van der Waals surface area contributed by atoms with E-state index in [0.29, 0.717) is 18.7 Å². The van der Waals surface area contributed by atoms with Crippen LogP contribution in [-0.2, 0) is 0 Å². The van der Waals surface area contributed by atoms with Gasteiger partial charge in [0.1, 0.15) is 0 Å². The standard InChI is InChI=1S/C18H28N4O.HI/c1-5-6-7-13-22(4)18(19-3)21-12-11-20-17(23)16-10-8-9-15(2)14-16;/h5,8-10,14H,1,6-7,11-13H2,2-4H3,(H,19,21)(H,20,23);1H. The average Bonchev–Trinajstić information content (AvgIpc) is 2.54. The van der Waals surface area contributed by atoms with E-state index >= 15 is 0 Å². The van der Waals surface area contributed by atoms with Crippen LogP contribution in [0.25, 0.3) is 0 Å². The van der Waals surface area contributed by atoms with Gasteiger partial charge in [-0.15, -0.1) is 30.6 Å². The molecule has 0 aliphatic rings. The van der Waals surface area contributed by atoms with Crippen molar-refractivity contribution in [1.82, 2.24) is 15.5 Å². The van der Waals surface area contributed by atoms with Crippen LogP contribution in [0.1, 0.15) is 28.8 Å². The molecule has 0 unspecified atom stereocenters. The van der Waals surface area contributed by atoms with Crippen molar-refractivity contribution in [1.29, 1.82) is 0 Å². The van der Waals surface area contributed by atoms with Crippen LogP contribution >= 0.6 is 24.0 Å². The van der Waals surface area contributed by atoms with Gasteiger partial charge in [-0.3, -0.25) is 9.79 Å². The molecule has 0 saturated carbocycles. The zero-order chi connectivity index (χ0) is 17.1. The summed E-state index contributed by atoms with van der Waals surface area (Å²) in [5.74, 6) is 0.781. The van der Waals surface area contributed by atoms with Gasteiger partial charge in [-0.1, -0.05) is 23.8 Å². The van der Waals surface area contributed by atoms with Gasteiger partial charge in [0.05, 0.1) is 0 Å². The first-order valence-electron chi connectivity index (χ1n) is 7.96. The molecule has 0 aromatic heterocycles. The molecule has 1 amide bonds. The van der Waals surface area contributed by atoms with Crippen molar-refractivity contribution in [3.8, 4) is 0 Å². The Balaban J connectivity index is 0.00000529. The number of amides is 1. The highest BCUT2D eigenvalue weighted by Crippen LogP contribution is 2.03. The molecule has 0 radical (unpaired) electrons. The second-order valence-corrected chi connectivity index (χ2v) is 5.45. The van der Waals surface area contributed by atoms with E-state index in [1.807, 2.05) is 44.3 Å². The third-order valence-corrected chi connectivity index (χ3v) is 3.45. The van der Waals surface area contributed by atoms with Crippen molar-refractivity contribution in [2.24, 2.45) is 4.99 Å². The minimum absolute atomic E-state index is 0. The molecule has 1 rings (SSSR count). The minimum atomic E-state index is -0.0511. The van der Waals surface area contributed by atoms with Gasteiger partial charge < -0.3 is 15.5 Å². The molecule has 0 saturated heterocycles. The lowest BCUT2D eigenvalue weighted by atomic mass is 10.1. The summed E-state index contributed by atoms with van der Waals surface area (Å²) in [7, 11) is 3.77. The summed E-state index contributed by atoms with van der Waals surface area (Å²) in [6.07, 6.45) is 3.96. The summed E-state index contributed by atoms with van der Waals surface area (Å²) in [4.78, 5) is 18.4. The van der Waals surface area contributed by atoms with E-state index in [9.17, 15) is 4.79 Å². The monoisotopic (exact) mass is 444 g/mol. The van der Waals surface area contributed by atoms with Gasteiger partial charge in [-0.25, -0.2) is 0 Å². The molecular weight excluding hydrogens is 415 g/mol. The number of benzene rings is 1. The van der Waals surface area contributed by atoms with Crippen LogP contribution < -0.4 is 10.6 Å². The zero-order valence-corrected chi connectivity index (χ0v) is 17.2. The quantitative estimate of drug-likeness (QED) is 0.213. The van der Waals surface area contributed by atoms with E-state index in [1.54, 1.807) is 7.05 Å². The second-order valence-electron chi connectivity index (χ2n) is 5.45. The second kappa shape index (κ2) is 12.8. The normalized spacial score (nSPS) is 10.5. The van der Waals surface area contributed by atoms with Gasteiger partial charge in [0.15, 0.2) is 5.96 Å². The lowest BCUT2D eigenvalue weighted by Crippen LogP contribution is -2.42. The predicted molar refractivity (Wildman–Crippen MR) is 112 cm³/mol. The molecule has 6 heteroatoms. The third kappa shape index (κ3) is 8.33. The highest BCUT2D eigenvalue weighted by molar-refractivity contribution is 14.0. The van der Waals surface area contributed by atoms with Crippen LogP contribution in [0.3, 0.4) is 0 Å². The molecule has 2 N–H and O–H groups in total. The maximum Gasteiger partial charge on any atom is 0.251 e. The van der Waals surface area contributed by atoms with Gasteiger partial charge in [-0.05, 0) is 31.9 Å². The van der Waals surface area contributed by atoms with Crippen LogP contribution in [0.4, 0.5) is 0 Å². The van der Waals surface area contributed by atoms with Crippen LogP contribution in [0, 0.1) is 6.92 Å². The zero-order valence-electron chi connectivity index (χ0n) is 14.8. The van der Waals surface area contributed by atoms with Crippen molar-refractivity contribution in [2.45, 2.75) is 19.8 Å². The predicted octanol–water partition coefficient (Wildman–Crippen LogP) is 2.82. The Kier molecular flexibility index (Phi) is 12.0. The van der Waals surface area contributed by atoms with Gasteiger partial charge in [0.2, 0.25) is 0 Å². The summed E-state index contributed by atoms with van der Waals surface area (Å²) < 4.78 is 0. The Bertz CT molecular complexity index is 546. The highest BCUT2D eigenvalue weighted by atomic mass is 127. The number of rotatable bonds is 8. The lowest BCUT2D eigenvalue weighted by molar-refractivity contribution is 0.0954. The fraction of sp³-hybridized carbons (Fsp3) is 0.444. The Morgan fingerprint density at radius 3 is 2.67 bits per heavy atom. The first kappa shape index (κ1) is 22.4. The molecule has 1 aromatic carbocycles. The number of carbonyl (C=O) groups is 1. The number of carbonyl (C=O) groups excluding carboxylic acids is 1. The topological polar surface area (TPSA) is 56.7 Å².